The lowest BCUT2D eigenvalue weighted by Crippen LogP contribution is -2.42. The number of nitrogens with one attached hydrogen (secondary N) is 2. The molecule has 0 saturated carbocycles. The first-order chi connectivity index (χ1) is 10.4. The zero-order chi connectivity index (χ0) is 16.2. The van der Waals surface area contributed by atoms with Gasteiger partial charge in [0.2, 0.25) is 11.1 Å². The predicted molar refractivity (Wildman–Crippen MR) is 77.9 cm³/mol. The van der Waals surface area contributed by atoms with E-state index >= 15 is 0 Å². The monoisotopic (exact) mass is 324 g/mol. The van der Waals surface area contributed by atoms with Crippen molar-refractivity contribution in [2.45, 2.75) is 31.5 Å². The number of rotatable bonds is 4. The van der Waals surface area contributed by atoms with Crippen LogP contribution in [0.25, 0.3) is 0 Å². The van der Waals surface area contributed by atoms with E-state index in [1.165, 1.54) is 24.1 Å². The lowest BCUT2D eigenvalue weighted by Gasteiger charge is -2.19. The van der Waals surface area contributed by atoms with Crippen molar-refractivity contribution in [2.24, 2.45) is 0 Å². The van der Waals surface area contributed by atoms with Crippen LogP contribution in [0.5, 0.6) is 0 Å². The van der Waals surface area contributed by atoms with Crippen LogP contribution in [0.3, 0.4) is 0 Å². The molecule has 0 aliphatic rings. The molecule has 0 unspecified atom stereocenters. The van der Waals surface area contributed by atoms with Crippen molar-refractivity contribution in [3.63, 3.8) is 0 Å². The van der Waals surface area contributed by atoms with Gasteiger partial charge in [-0.15, -0.1) is 5.10 Å². The standard InChI is InChI=1S/C12H16N6O3S/c1-12(2,3)18-11(15-16-17-18)22-7-9(19)13-14-10(20)8-5-4-6-21-8/h4-6H,7H2,1-3H3,(H,13,19)(H,14,20). The molecule has 0 bridgehead atoms. The number of hydrogen-bond donors (Lipinski definition) is 2. The summed E-state index contributed by atoms with van der Waals surface area (Å²) in [6, 6.07) is 3.08. The molecular weight excluding hydrogens is 308 g/mol. The fraction of sp³-hybridized carbons (Fsp3) is 0.417. The van der Waals surface area contributed by atoms with Crippen LogP contribution in [0.15, 0.2) is 28.0 Å². The lowest BCUT2D eigenvalue weighted by molar-refractivity contribution is -0.119. The molecule has 0 aliphatic heterocycles. The molecule has 2 N–H and O–H groups in total. The van der Waals surface area contributed by atoms with Gasteiger partial charge < -0.3 is 4.42 Å². The Morgan fingerprint density at radius 3 is 2.77 bits per heavy atom. The van der Waals surface area contributed by atoms with E-state index in [0.717, 1.165) is 0 Å². The SMILES string of the molecule is CC(C)(C)n1nnnc1SCC(=O)NNC(=O)c1ccco1. The molecule has 118 valence electrons. The van der Waals surface area contributed by atoms with Gasteiger partial charge in [0.15, 0.2) is 5.76 Å². The van der Waals surface area contributed by atoms with E-state index in [4.69, 9.17) is 4.42 Å². The molecule has 0 spiro atoms. The number of hydrazine groups is 1. The van der Waals surface area contributed by atoms with Gasteiger partial charge >= 0.3 is 5.91 Å². The molecule has 2 aromatic heterocycles. The molecular formula is C12H16N6O3S. The third-order valence-corrected chi connectivity index (χ3v) is 3.39. The van der Waals surface area contributed by atoms with Gasteiger partial charge in [0.1, 0.15) is 0 Å². The third kappa shape index (κ3) is 4.07. The van der Waals surface area contributed by atoms with Crippen LogP contribution in [0.4, 0.5) is 0 Å². The first-order valence-electron chi connectivity index (χ1n) is 6.42. The minimum absolute atomic E-state index is 0.0644. The first kappa shape index (κ1) is 16.0. The van der Waals surface area contributed by atoms with Crippen molar-refractivity contribution in [3.8, 4) is 0 Å². The van der Waals surface area contributed by atoms with Crippen LogP contribution in [-0.2, 0) is 10.3 Å². The Balaban J connectivity index is 1.81. The molecule has 2 aromatic rings. The van der Waals surface area contributed by atoms with Crippen LogP contribution in [-0.4, -0.2) is 37.8 Å². The molecule has 0 aromatic carbocycles. The Kier molecular flexibility index (Phi) is 4.81. The molecule has 22 heavy (non-hydrogen) atoms. The Bertz CT molecular complexity index is 646. The molecule has 0 aliphatic carbocycles. The number of amides is 2. The number of hydrogen-bond acceptors (Lipinski definition) is 7. The van der Waals surface area contributed by atoms with Gasteiger partial charge in [-0.25, -0.2) is 4.68 Å². The number of furan rings is 1. The van der Waals surface area contributed by atoms with Crippen LogP contribution >= 0.6 is 11.8 Å². The average Bonchev–Trinajstić information content (AvgIpc) is 3.11. The van der Waals surface area contributed by atoms with E-state index in [2.05, 4.69) is 26.4 Å². The quantitative estimate of drug-likeness (QED) is 0.624. The summed E-state index contributed by atoms with van der Waals surface area (Å²) in [6.07, 6.45) is 1.37. The molecule has 2 amide bonds. The molecule has 0 radical (unpaired) electrons. The van der Waals surface area contributed by atoms with Crippen molar-refractivity contribution in [3.05, 3.63) is 24.2 Å². The van der Waals surface area contributed by atoms with Crippen LogP contribution in [0, 0.1) is 0 Å². The summed E-state index contributed by atoms with van der Waals surface area (Å²) in [5.74, 6) is -0.726. The highest BCUT2D eigenvalue weighted by atomic mass is 32.2. The van der Waals surface area contributed by atoms with E-state index in [1.54, 1.807) is 10.7 Å². The van der Waals surface area contributed by atoms with E-state index < -0.39 is 5.91 Å². The first-order valence-corrected chi connectivity index (χ1v) is 7.41. The number of carbonyl (C=O) groups is 2. The summed E-state index contributed by atoms with van der Waals surface area (Å²) in [6.45, 7) is 5.87. The van der Waals surface area contributed by atoms with Gasteiger partial charge in [-0.1, -0.05) is 11.8 Å². The summed E-state index contributed by atoms with van der Waals surface area (Å²) >= 11 is 1.18. The summed E-state index contributed by atoms with van der Waals surface area (Å²) in [5.41, 5.74) is 4.27. The summed E-state index contributed by atoms with van der Waals surface area (Å²) in [7, 11) is 0. The second-order valence-corrected chi connectivity index (χ2v) is 6.25. The fourth-order valence-electron chi connectivity index (χ4n) is 1.45. The maximum Gasteiger partial charge on any atom is 0.305 e. The Labute approximate surface area is 130 Å². The van der Waals surface area contributed by atoms with E-state index in [-0.39, 0.29) is 23.0 Å². The van der Waals surface area contributed by atoms with Crippen molar-refractivity contribution in [1.82, 2.24) is 31.1 Å². The minimum Gasteiger partial charge on any atom is -0.459 e. The average molecular weight is 324 g/mol. The normalized spacial score (nSPS) is 11.2. The van der Waals surface area contributed by atoms with E-state index in [9.17, 15) is 9.59 Å². The van der Waals surface area contributed by atoms with Crippen LogP contribution in [0.2, 0.25) is 0 Å². The van der Waals surface area contributed by atoms with Crippen molar-refractivity contribution in [2.75, 3.05) is 5.75 Å². The maximum absolute atomic E-state index is 11.7. The Morgan fingerprint density at radius 2 is 2.14 bits per heavy atom. The van der Waals surface area contributed by atoms with Crippen LogP contribution < -0.4 is 10.9 Å². The smallest absolute Gasteiger partial charge is 0.305 e. The second kappa shape index (κ2) is 6.60. The summed E-state index contributed by atoms with van der Waals surface area (Å²) in [5, 5.41) is 11.9. The zero-order valence-corrected chi connectivity index (χ0v) is 13.2. The molecule has 0 saturated heterocycles. The largest absolute Gasteiger partial charge is 0.459 e. The fourth-order valence-corrected chi connectivity index (χ4v) is 2.31. The predicted octanol–water partition coefficient (Wildman–Crippen LogP) is 0.574. The Hall–Kier alpha value is -2.36. The molecule has 0 atom stereocenters. The summed E-state index contributed by atoms with van der Waals surface area (Å²) < 4.78 is 6.53. The lowest BCUT2D eigenvalue weighted by atomic mass is 10.1. The minimum atomic E-state index is -0.525. The number of aromatic nitrogens is 4. The van der Waals surface area contributed by atoms with E-state index in [1.807, 2.05) is 20.8 Å². The van der Waals surface area contributed by atoms with Crippen molar-refractivity contribution >= 4 is 23.6 Å². The number of tetrazole rings is 1. The number of nitrogens with zero attached hydrogens (tertiary/aromatic N) is 4. The van der Waals surface area contributed by atoms with Gasteiger partial charge in [-0.2, -0.15) is 0 Å². The van der Waals surface area contributed by atoms with Crippen LogP contribution in [0.1, 0.15) is 31.3 Å². The zero-order valence-electron chi connectivity index (χ0n) is 12.4. The second-order valence-electron chi connectivity index (χ2n) is 5.31. The van der Waals surface area contributed by atoms with Gasteiger partial charge in [-0.05, 0) is 43.3 Å². The van der Waals surface area contributed by atoms with E-state index in [0.29, 0.717) is 5.16 Å². The summed E-state index contributed by atoms with van der Waals surface area (Å²) in [4.78, 5) is 23.3. The number of thioether (sulfide) groups is 1. The van der Waals surface area contributed by atoms with Gasteiger partial charge in [-0.3, -0.25) is 20.4 Å². The molecule has 2 heterocycles. The molecule has 9 nitrogen and oxygen atoms in total. The highest BCUT2D eigenvalue weighted by Crippen LogP contribution is 2.20. The van der Waals surface area contributed by atoms with Gasteiger partial charge in [0.25, 0.3) is 0 Å². The molecule has 2 rings (SSSR count). The van der Waals surface area contributed by atoms with Crippen molar-refractivity contribution in [1.29, 1.82) is 0 Å². The third-order valence-electron chi connectivity index (χ3n) is 2.47. The van der Waals surface area contributed by atoms with Gasteiger partial charge in [0, 0.05) is 0 Å². The molecule has 0 fully saturated rings. The molecule has 10 heteroatoms. The highest BCUT2D eigenvalue weighted by molar-refractivity contribution is 7.99. The highest BCUT2D eigenvalue weighted by Gasteiger charge is 2.20. The topological polar surface area (TPSA) is 115 Å². The Morgan fingerprint density at radius 1 is 1.36 bits per heavy atom. The van der Waals surface area contributed by atoms with Gasteiger partial charge in [0.05, 0.1) is 17.6 Å². The maximum atomic E-state index is 11.7. The van der Waals surface area contributed by atoms with Crippen molar-refractivity contribution < 1.29 is 14.0 Å². The number of carbonyl (C=O) groups excluding carboxylic acids is 2.